The van der Waals surface area contributed by atoms with Crippen LogP contribution in [0.25, 0.3) is 0 Å². The number of halogens is 2. The van der Waals surface area contributed by atoms with Gasteiger partial charge in [0.15, 0.2) is 17.4 Å². The average Bonchev–Trinajstić information content (AvgIpc) is 2.56. The van der Waals surface area contributed by atoms with E-state index < -0.39 is 39.9 Å². The molecule has 0 heterocycles. The zero-order valence-electron chi connectivity index (χ0n) is 15.3. The van der Waals surface area contributed by atoms with Crippen molar-refractivity contribution in [2.45, 2.75) is 18.7 Å². The molecular formula is C18H20F2N2O4S. The largest absolute Gasteiger partial charge is 0.491 e. The van der Waals surface area contributed by atoms with Crippen LogP contribution < -0.4 is 10.1 Å². The molecule has 0 spiro atoms. The van der Waals surface area contributed by atoms with Crippen LogP contribution in [0.15, 0.2) is 35.2 Å². The van der Waals surface area contributed by atoms with E-state index in [9.17, 15) is 22.0 Å². The Morgan fingerprint density at radius 3 is 2.22 bits per heavy atom. The molecule has 0 aliphatic carbocycles. The number of carbonyl (C=O) groups is 1. The predicted octanol–water partition coefficient (Wildman–Crippen LogP) is 2.85. The third-order valence-electron chi connectivity index (χ3n) is 4.04. The van der Waals surface area contributed by atoms with Gasteiger partial charge in [0, 0.05) is 24.9 Å². The summed E-state index contributed by atoms with van der Waals surface area (Å²) >= 11 is 0. The lowest BCUT2D eigenvalue weighted by molar-refractivity contribution is -0.116. The van der Waals surface area contributed by atoms with Crippen molar-refractivity contribution in [2.24, 2.45) is 0 Å². The van der Waals surface area contributed by atoms with E-state index in [1.165, 1.54) is 19.2 Å². The van der Waals surface area contributed by atoms with Crippen molar-refractivity contribution >= 4 is 21.6 Å². The number of aryl methyl sites for hydroxylation is 2. The Morgan fingerprint density at radius 1 is 1.11 bits per heavy atom. The molecule has 6 nitrogen and oxygen atoms in total. The Labute approximate surface area is 156 Å². The molecule has 0 saturated carbocycles. The molecular weight excluding hydrogens is 378 g/mol. The van der Waals surface area contributed by atoms with Crippen LogP contribution >= 0.6 is 0 Å². The van der Waals surface area contributed by atoms with Gasteiger partial charge >= 0.3 is 0 Å². The van der Waals surface area contributed by atoms with Crippen molar-refractivity contribution in [3.8, 4) is 5.75 Å². The number of amides is 1. The van der Waals surface area contributed by atoms with Crippen LogP contribution in [0.1, 0.15) is 11.1 Å². The van der Waals surface area contributed by atoms with Gasteiger partial charge in [-0.25, -0.2) is 17.2 Å². The van der Waals surface area contributed by atoms with E-state index in [0.29, 0.717) is 0 Å². The monoisotopic (exact) mass is 398 g/mol. The van der Waals surface area contributed by atoms with Gasteiger partial charge in [0.1, 0.15) is 0 Å². The maximum Gasteiger partial charge on any atom is 0.243 e. The first-order valence-electron chi connectivity index (χ1n) is 7.92. The van der Waals surface area contributed by atoms with Crippen LogP contribution in [-0.2, 0) is 14.8 Å². The van der Waals surface area contributed by atoms with E-state index in [1.807, 2.05) is 6.92 Å². The van der Waals surface area contributed by atoms with E-state index in [-0.39, 0.29) is 10.6 Å². The number of benzene rings is 2. The fraction of sp³-hybridized carbons (Fsp3) is 0.278. The average molecular weight is 398 g/mol. The molecule has 0 bridgehead atoms. The lowest BCUT2D eigenvalue weighted by Gasteiger charge is -2.18. The van der Waals surface area contributed by atoms with E-state index in [1.54, 1.807) is 13.0 Å². The zero-order chi connectivity index (χ0) is 20.4. The van der Waals surface area contributed by atoms with Crippen molar-refractivity contribution in [3.05, 3.63) is 53.1 Å². The van der Waals surface area contributed by atoms with Crippen LogP contribution in [0.2, 0.25) is 0 Å². The highest BCUT2D eigenvalue weighted by molar-refractivity contribution is 7.89. The summed E-state index contributed by atoms with van der Waals surface area (Å²) in [7, 11) is -1.52. The van der Waals surface area contributed by atoms with E-state index in [4.69, 9.17) is 0 Å². The maximum atomic E-state index is 13.7. The first-order valence-corrected chi connectivity index (χ1v) is 9.36. The Balaban J connectivity index is 2.14. The molecule has 0 radical (unpaired) electrons. The molecule has 0 aromatic heterocycles. The second-order valence-corrected chi connectivity index (χ2v) is 8.07. The standard InChI is InChI=1S/C18H20F2N2O4S/c1-11-5-6-14(7-12(11)2)27(24,25)22(3)10-17(23)21-13-8-15(19)18(26-4)16(20)9-13/h5-9H,10H2,1-4H3,(H,21,23). The van der Waals surface area contributed by atoms with Gasteiger partial charge in [-0.15, -0.1) is 0 Å². The second-order valence-electron chi connectivity index (χ2n) is 6.03. The quantitative estimate of drug-likeness (QED) is 0.812. The Hall–Kier alpha value is -2.52. The van der Waals surface area contributed by atoms with Crippen LogP contribution in [0.3, 0.4) is 0 Å². The number of carbonyl (C=O) groups excluding carboxylic acids is 1. The van der Waals surface area contributed by atoms with Gasteiger partial charge in [-0.05, 0) is 37.1 Å². The number of rotatable bonds is 6. The Kier molecular flexibility index (Phi) is 6.17. The summed E-state index contributed by atoms with van der Waals surface area (Å²) in [6.45, 7) is 3.12. The molecule has 0 aliphatic heterocycles. The van der Waals surface area contributed by atoms with Crippen molar-refractivity contribution in [1.29, 1.82) is 0 Å². The fourth-order valence-electron chi connectivity index (χ4n) is 2.37. The van der Waals surface area contributed by atoms with Gasteiger partial charge in [0.05, 0.1) is 18.6 Å². The molecule has 0 saturated heterocycles. The zero-order valence-corrected chi connectivity index (χ0v) is 16.2. The number of sulfonamides is 1. The van der Waals surface area contributed by atoms with Crippen molar-refractivity contribution in [3.63, 3.8) is 0 Å². The molecule has 0 unspecified atom stereocenters. The summed E-state index contributed by atoms with van der Waals surface area (Å²) < 4.78 is 58.0. The molecule has 2 aromatic rings. The predicted molar refractivity (Wildman–Crippen MR) is 97.3 cm³/mol. The second kappa shape index (κ2) is 8.01. The van der Waals surface area contributed by atoms with Crippen LogP contribution in [0, 0.1) is 25.5 Å². The molecule has 1 amide bonds. The molecule has 1 N–H and O–H groups in total. The van der Waals surface area contributed by atoms with Gasteiger partial charge in [0.25, 0.3) is 0 Å². The summed E-state index contributed by atoms with van der Waals surface area (Å²) in [5.74, 6) is -3.27. The van der Waals surface area contributed by atoms with Crippen molar-refractivity contribution < 1.29 is 26.7 Å². The number of anilines is 1. The third kappa shape index (κ3) is 4.61. The van der Waals surface area contributed by atoms with Gasteiger partial charge in [-0.2, -0.15) is 4.31 Å². The smallest absolute Gasteiger partial charge is 0.243 e. The summed E-state index contributed by atoms with van der Waals surface area (Å²) in [4.78, 5) is 12.2. The lowest BCUT2D eigenvalue weighted by atomic mass is 10.1. The number of hydrogen-bond donors (Lipinski definition) is 1. The SMILES string of the molecule is COc1c(F)cc(NC(=O)CN(C)S(=O)(=O)c2ccc(C)c(C)c2)cc1F. The molecule has 0 atom stereocenters. The topological polar surface area (TPSA) is 75.7 Å². The Morgan fingerprint density at radius 2 is 1.70 bits per heavy atom. The third-order valence-corrected chi connectivity index (χ3v) is 5.84. The minimum absolute atomic E-state index is 0.0578. The van der Waals surface area contributed by atoms with E-state index >= 15 is 0 Å². The summed E-state index contributed by atoms with van der Waals surface area (Å²) in [6.07, 6.45) is 0. The summed E-state index contributed by atoms with van der Waals surface area (Å²) in [5.41, 5.74) is 1.60. The van der Waals surface area contributed by atoms with Crippen LogP contribution in [-0.4, -0.2) is 39.3 Å². The number of nitrogens with one attached hydrogen (secondary N) is 1. The van der Waals surface area contributed by atoms with Gasteiger partial charge in [-0.1, -0.05) is 6.07 Å². The highest BCUT2D eigenvalue weighted by Gasteiger charge is 2.23. The van der Waals surface area contributed by atoms with E-state index in [2.05, 4.69) is 10.1 Å². The molecule has 0 fully saturated rings. The fourth-order valence-corrected chi connectivity index (χ4v) is 3.58. The first kappa shape index (κ1) is 20.8. The van der Waals surface area contributed by atoms with Gasteiger partial charge < -0.3 is 10.1 Å². The summed E-state index contributed by atoms with van der Waals surface area (Å²) in [6, 6.07) is 6.43. The maximum absolute atomic E-state index is 13.7. The van der Waals surface area contributed by atoms with Crippen molar-refractivity contribution in [1.82, 2.24) is 4.31 Å². The normalized spacial score (nSPS) is 11.5. The number of likely N-dealkylation sites (N-methyl/N-ethyl adjacent to an activating group) is 1. The molecule has 2 rings (SSSR count). The van der Waals surface area contributed by atoms with E-state index in [0.717, 1.165) is 34.7 Å². The molecule has 0 aliphatic rings. The minimum atomic E-state index is -3.89. The van der Waals surface area contributed by atoms with Crippen LogP contribution in [0.4, 0.5) is 14.5 Å². The van der Waals surface area contributed by atoms with Crippen LogP contribution in [0.5, 0.6) is 5.75 Å². The van der Waals surface area contributed by atoms with Gasteiger partial charge in [-0.3, -0.25) is 4.79 Å². The number of methoxy groups -OCH3 is 1. The highest BCUT2D eigenvalue weighted by atomic mass is 32.2. The highest BCUT2D eigenvalue weighted by Crippen LogP contribution is 2.25. The van der Waals surface area contributed by atoms with Gasteiger partial charge in [0.2, 0.25) is 15.9 Å². The Bertz CT molecular complexity index is 954. The minimum Gasteiger partial charge on any atom is -0.491 e. The lowest BCUT2D eigenvalue weighted by Crippen LogP contribution is -2.35. The molecule has 9 heteroatoms. The molecule has 146 valence electrons. The van der Waals surface area contributed by atoms with Crippen molar-refractivity contribution in [2.75, 3.05) is 26.0 Å². The number of hydrogen-bond acceptors (Lipinski definition) is 4. The number of nitrogens with zero attached hydrogens (tertiary/aromatic N) is 1. The first-order chi connectivity index (χ1) is 12.6. The summed E-state index contributed by atoms with van der Waals surface area (Å²) in [5, 5.41) is 2.27. The number of ether oxygens (including phenoxy) is 1. The molecule has 27 heavy (non-hydrogen) atoms. The molecule has 2 aromatic carbocycles.